The highest BCUT2D eigenvalue weighted by atomic mass is 35.5. The summed E-state index contributed by atoms with van der Waals surface area (Å²) in [7, 11) is 0. The van der Waals surface area contributed by atoms with Crippen LogP contribution in [0.3, 0.4) is 0 Å². The van der Waals surface area contributed by atoms with E-state index in [2.05, 4.69) is 11.6 Å². The SMILES string of the molecule is C=CCn1c(=NC(=O)C(C)C)sc2cc(Cl)cc(Cl)c21. The van der Waals surface area contributed by atoms with Crippen molar-refractivity contribution in [3.05, 3.63) is 39.6 Å². The molecule has 2 aromatic rings. The van der Waals surface area contributed by atoms with E-state index in [1.54, 1.807) is 12.1 Å². The summed E-state index contributed by atoms with van der Waals surface area (Å²) in [5.74, 6) is -0.298. The van der Waals surface area contributed by atoms with Crippen molar-refractivity contribution in [1.29, 1.82) is 0 Å². The topological polar surface area (TPSA) is 34.4 Å². The summed E-state index contributed by atoms with van der Waals surface area (Å²) in [5, 5.41) is 1.11. The van der Waals surface area contributed by atoms with E-state index in [1.807, 2.05) is 24.5 Å². The monoisotopic (exact) mass is 328 g/mol. The first-order valence-corrected chi connectivity index (χ1v) is 7.69. The lowest BCUT2D eigenvalue weighted by atomic mass is 10.2. The summed E-state index contributed by atoms with van der Waals surface area (Å²) in [4.78, 5) is 16.6. The molecule has 20 heavy (non-hydrogen) atoms. The molecule has 0 fully saturated rings. The minimum atomic E-state index is -0.156. The third-order valence-corrected chi connectivity index (χ3v) is 4.24. The Labute approximate surface area is 131 Å². The van der Waals surface area contributed by atoms with Gasteiger partial charge in [-0.1, -0.05) is 54.5 Å². The van der Waals surface area contributed by atoms with Crippen LogP contribution in [0.4, 0.5) is 0 Å². The van der Waals surface area contributed by atoms with Crippen LogP contribution < -0.4 is 4.80 Å². The van der Waals surface area contributed by atoms with Crippen LogP contribution in [-0.4, -0.2) is 10.5 Å². The summed E-state index contributed by atoms with van der Waals surface area (Å²) in [6, 6.07) is 3.51. The molecule has 0 N–H and O–H groups in total. The Hall–Kier alpha value is -1.10. The van der Waals surface area contributed by atoms with Gasteiger partial charge in [0, 0.05) is 17.5 Å². The molecule has 1 aromatic heterocycles. The average molecular weight is 329 g/mol. The molecule has 1 amide bonds. The second-order valence-corrected chi connectivity index (χ2v) is 6.48. The standard InChI is InChI=1S/C14H14Cl2N2OS/c1-4-5-18-12-10(16)6-9(15)7-11(12)20-14(18)17-13(19)8(2)3/h4,6-8H,1,5H2,2-3H3. The Bertz CT molecular complexity index is 743. The molecule has 0 aliphatic rings. The molecule has 0 radical (unpaired) electrons. The number of nitrogens with zero attached hydrogens (tertiary/aromatic N) is 2. The molecule has 0 unspecified atom stereocenters. The van der Waals surface area contributed by atoms with Crippen molar-refractivity contribution < 1.29 is 4.79 Å². The number of fused-ring (bicyclic) bond motifs is 1. The van der Waals surface area contributed by atoms with Crippen LogP contribution in [0.25, 0.3) is 10.2 Å². The van der Waals surface area contributed by atoms with Crippen LogP contribution in [0, 0.1) is 5.92 Å². The molecular weight excluding hydrogens is 315 g/mol. The Kier molecular flexibility index (Phi) is 4.68. The normalized spacial score (nSPS) is 12.3. The van der Waals surface area contributed by atoms with E-state index >= 15 is 0 Å². The zero-order valence-electron chi connectivity index (χ0n) is 11.2. The fourth-order valence-corrected chi connectivity index (χ4v) is 3.56. The van der Waals surface area contributed by atoms with E-state index in [9.17, 15) is 4.79 Å². The number of allylic oxidation sites excluding steroid dienone is 1. The van der Waals surface area contributed by atoms with E-state index in [1.165, 1.54) is 11.3 Å². The second kappa shape index (κ2) is 6.12. The van der Waals surface area contributed by atoms with E-state index in [4.69, 9.17) is 23.2 Å². The minimum Gasteiger partial charge on any atom is -0.311 e. The quantitative estimate of drug-likeness (QED) is 0.774. The van der Waals surface area contributed by atoms with Gasteiger partial charge in [0.05, 0.1) is 15.2 Å². The van der Waals surface area contributed by atoms with Gasteiger partial charge in [-0.3, -0.25) is 4.79 Å². The zero-order chi connectivity index (χ0) is 14.9. The van der Waals surface area contributed by atoms with Crippen LogP contribution in [0.2, 0.25) is 10.0 Å². The molecule has 0 atom stereocenters. The third kappa shape index (κ3) is 2.97. The highest BCUT2D eigenvalue weighted by Gasteiger charge is 2.12. The average Bonchev–Trinajstić information content (AvgIpc) is 2.67. The van der Waals surface area contributed by atoms with Crippen molar-refractivity contribution in [3.8, 4) is 0 Å². The first-order valence-electron chi connectivity index (χ1n) is 6.12. The predicted octanol–water partition coefficient (Wildman–Crippen LogP) is 4.28. The molecule has 6 heteroatoms. The van der Waals surface area contributed by atoms with Gasteiger partial charge in [-0.15, -0.1) is 6.58 Å². The Morgan fingerprint density at radius 3 is 2.80 bits per heavy atom. The number of rotatable bonds is 3. The highest BCUT2D eigenvalue weighted by Crippen LogP contribution is 2.29. The maximum atomic E-state index is 11.8. The predicted molar refractivity (Wildman–Crippen MR) is 85.4 cm³/mol. The van der Waals surface area contributed by atoms with Gasteiger partial charge >= 0.3 is 0 Å². The lowest BCUT2D eigenvalue weighted by molar-refractivity contribution is -0.120. The molecule has 1 aromatic carbocycles. The number of benzene rings is 1. The molecular formula is C14H14Cl2N2OS. The van der Waals surface area contributed by atoms with Gasteiger partial charge in [0.15, 0.2) is 4.80 Å². The van der Waals surface area contributed by atoms with Gasteiger partial charge in [-0.05, 0) is 12.1 Å². The number of hydrogen-bond donors (Lipinski definition) is 0. The Morgan fingerprint density at radius 2 is 2.20 bits per heavy atom. The van der Waals surface area contributed by atoms with Crippen LogP contribution in [0.5, 0.6) is 0 Å². The largest absolute Gasteiger partial charge is 0.311 e. The highest BCUT2D eigenvalue weighted by molar-refractivity contribution is 7.16. The minimum absolute atomic E-state index is 0.142. The molecule has 106 valence electrons. The number of thiazole rings is 1. The van der Waals surface area contributed by atoms with Crippen LogP contribution in [-0.2, 0) is 11.3 Å². The third-order valence-electron chi connectivity index (χ3n) is 2.71. The van der Waals surface area contributed by atoms with E-state index in [0.717, 1.165) is 10.2 Å². The van der Waals surface area contributed by atoms with Crippen molar-refractivity contribution in [2.24, 2.45) is 10.9 Å². The zero-order valence-corrected chi connectivity index (χ0v) is 13.5. The number of aromatic nitrogens is 1. The second-order valence-electron chi connectivity index (χ2n) is 4.62. The number of carbonyl (C=O) groups excluding carboxylic acids is 1. The molecule has 0 aliphatic carbocycles. The number of halogens is 2. The van der Waals surface area contributed by atoms with Crippen molar-refractivity contribution in [3.63, 3.8) is 0 Å². The first kappa shape index (κ1) is 15.3. The molecule has 0 bridgehead atoms. The van der Waals surface area contributed by atoms with E-state index in [0.29, 0.717) is 21.4 Å². The number of amides is 1. The van der Waals surface area contributed by atoms with Crippen molar-refractivity contribution >= 4 is 50.7 Å². The Morgan fingerprint density at radius 1 is 1.50 bits per heavy atom. The van der Waals surface area contributed by atoms with Crippen LogP contribution in [0.15, 0.2) is 29.8 Å². The van der Waals surface area contributed by atoms with Crippen LogP contribution in [0.1, 0.15) is 13.8 Å². The molecule has 0 saturated carbocycles. The fourth-order valence-electron chi connectivity index (χ4n) is 1.74. The summed E-state index contributed by atoms with van der Waals surface area (Å²) in [6.45, 7) is 7.91. The smallest absolute Gasteiger partial charge is 0.250 e. The van der Waals surface area contributed by atoms with Gasteiger partial charge in [0.1, 0.15) is 0 Å². The van der Waals surface area contributed by atoms with Gasteiger partial charge in [0.2, 0.25) is 0 Å². The van der Waals surface area contributed by atoms with Gasteiger partial charge in [-0.25, -0.2) is 0 Å². The van der Waals surface area contributed by atoms with Gasteiger partial charge in [0.25, 0.3) is 5.91 Å². The summed E-state index contributed by atoms with van der Waals surface area (Å²) < 4.78 is 2.78. The Balaban J connectivity index is 2.78. The van der Waals surface area contributed by atoms with Gasteiger partial charge < -0.3 is 4.57 Å². The van der Waals surface area contributed by atoms with E-state index in [-0.39, 0.29) is 11.8 Å². The molecule has 3 nitrogen and oxygen atoms in total. The molecule has 0 spiro atoms. The lowest BCUT2D eigenvalue weighted by Gasteiger charge is -2.03. The van der Waals surface area contributed by atoms with Crippen molar-refractivity contribution in [2.45, 2.75) is 20.4 Å². The first-order chi connectivity index (χ1) is 9.43. The summed E-state index contributed by atoms with van der Waals surface area (Å²) in [6.07, 6.45) is 1.75. The maximum absolute atomic E-state index is 11.8. The number of hydrogen-bond acceptors (Lipinski definition) is 2. The van der Waals surface area contributed by atoms with Crippen molar-refractivity contribution in [1.82, 2.24) is 4.57 Å². The van der Waals surface area contributed by atoms with Crippen LogP contribution >= 0.6 is 34.5 Å². The maximum Gasteiger partial charge on any atom is 0.250 e. The molecule has 0 saturated heterocycles. The lowest BCUT2D eigenvalue weighted by Crippen LogP contribution is -2.18. The summed E-state index contributed by atoms with van der Waals surface area (Å²) in [5.41, 5.74) is 0.830. The molecule has 0 aliphatic heterocycles. The molecule has 1 heterocycles. The van der Waals surface area contributed by atoms with Gasteiger partial charge in [-0.2, -0.15) is 4.99 Å². The molecule has 2 rings (SSSR count). The number of carbonyl (C=O) groups is 1. The van der Waals surface area contributed by atoms with E-state index < -0.39 is 0 Å². The fraction of sp³-hybridized carbons (Fsp3) is 0.286. The van der Waals surface area contributed by atoms with Crippen molar-refractivity contribution in [2.75, 3.05) is 0 Å². The summed E-state index contributed by atoms with van der Waals surface area (Å²) >= 11 is 13.7.